The Kier molecular flexibility index (Phi) is 3.36. The number of aromatic amines is 1. The van der Waals surface area contributed by atoms with Crippen molar-refractivity contribution in [1.82, 2.24) is 15.5 Å². The second kappa shape index (κ2) is 4.98. The zero-order valence-electron chi connectivity index (χ0n) is 11.7. The minimum absolute atomic E-state index is 0.00613. The van der Waals surface area contributed by atoms with Crippen LogP contribution in [0, 0.1) is 12.5 Å². The molecule has 0 spiro atoms. The van der Waals surface area contributed by atoms with E-state index in [0.717, 1.165) is 19.0 Å². The lowest BCUT2D eigenvalue weighted by Crippen LogP contribution is -2.52. The second-order valence-electron chi connectivity index (χ2n) is 5.66. The number of H-pyrrole nitrogens is 1. The Morgan fingerprint density at radius 1 is 1.50 bits per heavy atom. The summed E-state index contributed by atoms with van der Waals surface area (Å²) in [5.41, 5.74) is -3.46. The molecule has 0 saturated carbocycles. The molecular formula is C13H15F3N5O+. The van der Waals surface area contributed by atoms with Crippen molar-refractivity contribution < 1.29 is 13.2 Å². The first kappa shape index (κ1) is 14.8. The van der Waals surface area contributed by atoms with Crippen LogP contribution in [0.1, 0.15) is 18.4 Å². The van der Waals surface area contributed by atoms with Gasteiger partial charge in [-0.3, -0.25) is 4.79 Å². The molecule has 0 radical (unpaired) electrons. The van der Waals surface area contributed by atoms with Crippen LogP contribution < -0.4 is 15.8 Å². The van der Waals surface area contributed by atoms with E-state index in [4.69, 9.17) is 6.57 Å². The number of nitrogens with one attached hydrogen (secondary N) is 2. The normalized spacial score (nSPS) is 28.3. The van der Waals surface area contributed by atoms with E-state index in [9.17, 15) is 18.0 Å². The maximum absolute atomic E-state index is 13.2. The summed E-state index contributed by atoms with van der Waals surface area (Å²) in [5.74, 6) is 0.00613. The fraction of sp³-hybridized carbons (Fsp3) is 0.615. The van der Waals surface area contributed by atoms with Crippen LogP contribution >= 0.6 is 0 Å². The molecule has 118 valence electrons. The summed E-state index contributed by atoms with van der Waals surface area (Å²) < 4.78 is 39.5. The highest BCUT2D eigenvalue weighted by Crippen LogP contribution is 2.40. The number of hydrogen-bond donors (Lipinski definition) is 2. The summed E-state index contributed by atoms with van der Waals surface area (Å²) in [5, 5.41) is 8.54. The van der Waals surface area contributed by atoms with Gasteiger partial charge in [0.15, 0.2) is 0 Å². The molecule has 3 rings (SSSR count). The SMILES string of the molecule is C#[N+]C12CN(c3cn[nH]c(=O)c3C(F)(F)F)C[C@@H]1CCCN2. The van der Waals surface area contributed by atoms with Gasteiger partial charge in [0.05, 0.1) is 17.8 Å². The molecule has 22 heavy (non-hydrogen) atoms. The lowest BCUT2D eigenvalue weighted by Gasteiger charge is -2.25. The monoisotopic (exact) mass is 314 g/mol. The molecule has 1 aromatic rings. The Bertz CT molecular complexity index is 679. The van der Waals surface area contributed by atoms with Crippen molar-refractivity contribution in [1.29, 1.82) is 0 Å². The molecule has 0 aromatic carbocycles. The molecule has 2 aliphatic heterocycles. The summed E-state index contributed by atoms with van der Waals surface area (Å²) in [6, 6.07) is 0. The van der Waals surface area contributed by atoms with Gasteiger partial charge < -0.3 is 4.90 Å². The minimum atomic E-state index is -4.75. The van der Waals surface area contributed by atoms with Gasteiger partial charge in [-0.2, -0.15) is 18.3 Å². The van der Waals surface area contributed by atoms with Gasteiger partial charge in [0, 0.05) is 13.1 Å². The Morgan fingerprint density at radius 3 is 2.91 bits per heavy atom. The number of rotatable bonds is 1. The third kappa shape index (κ3) is 2.23. The molecule has 0 bridgehead atoms. The number of alkyl halides is 3. The quantitative estimate of drug-likeness (QED) is 0.819. The van der Waals surface area contributed by atoms with Gasteiger partial charge in [-0.25, -0.2) is 10.4 Å². The number of piperidine rings is 1. The average Bonchev–Trinajstić information content (AvgIpc) is 2.85. The third-order valence-electron chi connectivity index (χ3n) is 4.40. The highest BCUT2D eigenvalue weighted by Gasteiger charge is 2.58. The zero-order chi connectivity index (χ0) is 16.0. The number of halogens is 3. The van der Waals surface area contributed by atoms with Crippen molar-refractivity contribution in [2.75, 3.05) is 24.5 Å². The standard InChI is InChI=1S/C13H14F3N5O/c1-17-12-7-21(6-8(12)3-2-4-18-12)9-5-19-20-11(22)10(9)13(14,15)16/h1,5,8,18H,2-4,6-7H2/p+1/t8-,12?/m0/s1. The number of fused-ring (bicyclic) bond motifs is 1. The van der Waals surface area contributed by atoms with Crippen molar-refractivity contribution in [3.63, 3.8) is 0 Å². The Labute approximate surface area is 124 Å². The third-order valence-corrected chi connectivity index (χ3v) is 4.40. The largest absolute Gasteiger partial charge is 0.423 e. The van der Waals surface area contributed by atoms with Crippen LogP contribution in [0.15, 0.2) is 11.0 Å². The van der Waals surface area contributed by atoms with E-state index in [0.29, 0.717) is 13.1 Å². The molecule has 3 heterocycles. The summed E-state index contributed by atoms with van der Waals surface area (Å²) >= 11 is 0. The first-order valence-corrected chi connectivity index (χ1v) is 6.94. The molecule has 2 aliphatic rings. The highest BCUT2D eigenvalue weighted by molar-refractivity contribution is 5.54. The van der Waals surface area contributed by atoms with E-state index < -0.39 is 23.0 Å². The lowest BCUT2D eigenvalue weighted by molar-refractivity contribution is -0.138. The van der Waals surface area contributed by atoms with Crippen molar-refractivity contribution in [2.24, 2.45) is 5.92 Å². The number of nitrogens with zero attached hydrogens (tertiary/aromatic N) is 3. The Morgan fingerprint density at radius 2 is 2.27 bits per heavy atom. The molecule has 0 amide bonds. The van der Waals surface area contributed by atoms with Gasteiger partial charge in [-0.1, -0.05) is 4.85 Å². The first-order chi connectivity index (χ1) is 10.4. The van der Waals surface area contributed by atoms with Crippen molar-refractivity contribution in [3.05, 3.63) is 27.0 Å². The van der Waals surface area contributed by atoms with Gasteiger partial charge in [0.2, 0.25) is 0 Å². The van der Waals surface area contributed by atoms with E-state index >= 15 is 0 Å². The number of anilines is 1. The van der Waals surface area contributed by atoms with E-state index in [1.165, 1.54) is 4.90 Å². The lowest BCUT2D eigenvalue weighted by atomic mass is 9.88. The molecule has 1 aromatic heterocycles. The van der Waals surface area contributed by atoms with Gasteiger partial charge in [0.1, 0.15) is 12.1 Å². The van der Waals surface area contributed by atoms with Gasteiger partial charge in [-0.15, -0.1) is 0 Å². The minimum Gasteiger partial charge on any atom is -0.359 e. The highest BCUT2D eigenvalue weighted by atomic mass is 19.4. The molecule has 2 N–H and O–H groups in total. The molecule has 6 nitrogen and oxygen atoms in total. The van der Waals surface area contributed by atoms with Gasteiger partial charge >= 0.3 is 11.8 Å². The number of aromatic nitrogens is 2. The smallest absolute Gasteiger partial charge is 0.359 e. The van der Waals surface area contributed by atoms with E-state index in [1.807, 2.05) is 5.10 Å². The van der Waals surface area contributed by atoms with Gasteiger partial charge in [0.25, 0.3) is 12.1 Å². The molecule has 9 heteroatoms. The maximum Gasteiger partial charge on any atom is 0.423 e. The van der Waals surface area contributed by atoms with Crippen LogP contribution in [0.3, 0.4) is 0 Å². The van der Waals surface area contributed by atoms with E-state index in [-0.39, 0.29) is 18.2 Å². The average molecular weight is 314 g/mol. The van der Waals surface area contributed by atoms with Crippen LogP contribution in [-0.4, -0.2) is 35.5 Å². The molecular weight excluding hydrogens is 299 g/mol. The first-order valence-electron chi connectivity index (χ1n) is 6.94. The summed E-state index contributed by atoms with van der Waals surface area (Å²) in [6.45, 7) is 6.75. The molecule has 2 fully saturated rings. The Hall–Kier alpha value is -2.08. The Balaban J connectivity index is 2.02. The predicted octanol–water partition coefficient (Wildman–Crippen LogP) is 1.27. The predicted molar refractivity (Wildman–Crippen MR) is 73.8 cm³/mol. The van der Waals surface area contributed by atoms with Crippen LogP contribution in [0.4, 0.5) is 18.9 Å². The zero-order valence-corrected chi connectivity index (χ0v) is 11.7. The molecule has 0 aliphatic carbocycles. The second-order valence-corrected chi connectivity index (χ2v) is 5.66. The van der Waals surface area contributed by atoms with Crippen molar-refractivity contribution >= 4 is 5.69 Å². The van der Waals surface area contributed by atoms with Crippen LogP contribution in [0.5, 0.6) is 0 Å². The summed E-state index contributed by atoms with van der Waals surface area (Å²) in [7, 11) is 0. The summed E-state index contributed by atoms with van der Waals surface area (Å²) in [6.07, 6.45) is -1.98. The molecule has 2 saturated heterocycles. The molecule has 1 unspecified atom stereocenters. The van der Waals surface area contributed by atoms with Crippen LogP contribution in [0.25, 0.3) is 4.85 Å². The topological polar surface area (TPSA) is 65.4 Å². The number of hydrogen-bond acceptors (Lipinski definition) is 4. The van der Waals surface area contributed by atoms with Crippen LogP contribution in [-0.2, 0) is 6.18 Å². The fourth-order valence-corrected chi connectivity index (χ4v) is 3.36. The van der Waals surface area contributed by atoms with Crippen molar-refractivity contribution in [3.8, 4) is 6.57 Å². The summed E-state index contributed by atoms with van der Waals surface area (Å²) in [4.78, 5) is 17.0. The van der Waals surface area contributed by atoms with E-state index in [1.54, 1.807) is 0 Å². The van der Waals surface area contributed by atoms with Crippen LogP contribution in [0.2, 0.25) is 0 Å². The fourth-order valence-electron chi connectivity index (χ4n) is 3.36. The van der Waals surface area contributed by atoms with E-state index in [2.05, 4.69) is 15.3 Å². The maximum atomic E-state index is 13.2. The molecule has 2 atom stereocenters. The van der Waals surface area contributed by atoms with Crippen molar-refractivity contribution in [2.45, 2.75) is 24.7 Å². The van der Waals surface area contributed by atoms with Gasteiger partial charge in [-0.05, 0) is 12.8 Å².